The van der Waals surface area contributed by atoms with Crippen molar-refractivity contribution in [2.75, 3.05) is 213 Å². The number of hydrogen-bond acceptors (Lipinski definition) is 22. The van der Waals surface area contributed by atoms with Crippen molar-refractivity contribution in [3.05, 3.63) is 177 Å². The largest absolute Gasteiger partial charge is 0.485 e. The third kappa shape index (κ3) is 35.2. The monoisotopic (exact) mass is 1360 g/mol. The van der Waals surface area contributed by atoms with Gasteiger partial charge in [0.2, 0.25) is 11.6 Å². The number of allylic oxidation sites excluding steroid dienone is 2. The second-order valence-corrected chi connectivity index (χ2v) is 21.3. The van der Waals surface area contributed by atoms with Crippen molar-refractivity contribution < 1.29 is 94.9 Å². The molecule has 22 heteroatoms. The highest BCUT2D eigenvalue weighted by Gasteiger charge is 2.21. The molecule has 0 N–H and O–H groups in total. The molecule has 0 radical (unpaired) electrons. The smallest absolute Gasteiger partial charge is 0.203 e. The first-order valence-electron chi connectivity index (χ1n) is 32.7. The zero-order chi connectivity index (χ0) is 69.6. The molecule has 0 aliphatic rings. The lowest BCUT2D eigenvalue weighted by Crippen LogP contribution is -2.31. The van der Waals surface area contributed by atoms with E-state index in [0.717, 1.165) is 11.1 Å². The van der Waals surface area contributed by atoms with E-state index in [9.17, 15) is 20.1 Å². The van der Waals surface area contributed by atoms with Crippen LogP contribution in [0.25, 0.3) is 36.5 Å². The van der Waals surface area contributed by atoms with Crippen molar-refractivity contribution in [1.82, 2.24) is 0 Å². The number of ketones is 2. The Hall–Kier alpha value is -7.66. The number of methoxy groups -OCH3 is 4. The number of nitriles is 2. The van der Waals surface area contributed by atoms with Crippen LogP contribution in [0, 0.1) is 22.7 Å². The first-order valence-corrected chi connectivity index (χ1v) is 32.7. The van der Waals surface area contributed by atoms with Crippen LogP contribution in [0.3, 0.4) is 0 Å². The Labute approximate surface area is 577 Å². The summed E-state index contributed by atoms with van der Waals surface area (Å²) in [5.74, 6) is 0.139. The van der Waals surface area contributed by atoms with Crippen LogP contribution < -0.4 is 9.47 Å². The van der Waals surface area contributed by atoms with Crippen LogP contribution >= 0.6 is 0 Å². The Morgan fingerprint density at radius 2 is 0.571 bits per heavy atom. The number of ether oxygens (including phenoxy) is 18. The molecule has 0 aliphatic carbocycles. The Morgan fingerprint density at radius 1 is 0.327 bits per heavy atom. The summed E-state index contributed by atoms with van der Waals surface area (Å²) in [6, 6.07) is 40.1. The van der Waals surface area contributed by atoms with Gasteiger partial charge in [-0.15, -0.1) is 0 Å². The molecule has 0 atom stereocenters. The van der Waals surface area contributed by atoms with E-state index >= 15 is 0 Å². The standard InChI is InChI=1S/C76H96N2O20/c1-81-27-31-85-35-39-89-43-47-93-57-71(58-94-48-44-90-40-36-86-32-28-82-2)97-73-53-68(26-24-62-17-21-64(22-18-62)52-70(56-78)76(80)66-13-9-6-10-14-66)74(54-67(73)25-23-61-15-19-63(20-16-61)51-69(55-77)75(79)65-11-7-5-8-12-65)98-72(59-95-49-45-91-41-37-87-33-29-83-3)60-96-50-46-92-42-38-88-34-30-84-4/h5-26,51-54,71-72H,27-50,57-60H2,1-4H3/b25-23+,26-24+,69-51+,70-52+. The molecule has 0 unspecified atom stereocenters. The minimum atomic E-state index is -0.667. The summed E-state index contributed by atoms with van der Waals surface area (Å²) in [7, 11) is 6.48. The molecule has 5 aromatic rings. The van der Waals surface area contributed by atoms with Gasteiger partial charge in [0.05, 0.1) is 185 Å². The summed E-state index contributed by atoms with van der Waals surface area (Å²) < 4.78 is 105. The molecule has 0 heterocycles. The molecule has 0 saturated heterocycles. The van der Waals surface area contributed by atoms with E-state index in [1.54, 1.807) is 89.1 Å². The Morgan fingerprint density at radius 3 is 0.827 bits per heavy atom. The normalized spacial score (nSPS) is 11.9. The molecule has 0 spiro atoms. The van der Waals surface area contributed by atoms with Crippen molar-refractivity contribution >= 4 is 48.0 Å². The average Bonchev–Trinajstić information content (AvgIpc) is 0.830. The number of carbonyl (C=O) groups is 2. The fourth-order valence-electron chi connectivity index (χ4n) is 8.73. The predicted octanol–water partition coefficient (Wildman–Crippen LogP) is 9.89. The van der Waals surface area contributed by atoms with Gasteiger partial charge in [-0.05, 0) is 46.5 Å². The predicted molar refractivity (Wildman–Crippen MR) is 372 cm³/mol. The van der Waals surface area contributed by atoms with Crippen LogP contribution in [0.1, 0.15) is 54.1 Å². The molecule has 98 heavy (non-hydrogen) atoms. The maximum absolute atomic E-state index is 13.3. The van der Waals surface area contributed by atoms with Gasteiger partial charge in [0.25, 0.3) is 0 Å². The SMILES string of the molecule is COCCOCCOCCOCC(COCCOCCOCCOC)Oc1cc(/C=C/c2ccc(/C=C(\C#N)C(=O)c3ccccc3)cc2)c(OC(COCCOCCOCCOC)COCCOCCOCCOC)cc1/C=C/c1ccc(/C=C(\C#N)C(=O)c2ccccc2)cc1. The van der Waals surface area contributed by atoms with Crippen molar-refractivity contribution in [2.24, 2.45) is 0 Å². The van der Waals surface area contributed by atoms with Crippen LogP contribution in [0.5, 0.6) is 11.5 Å². The highest BCUT2D eigenvalue weighted by molar-refractivity contribution is 6.14. The minimum Gasteiger partial charge on any atom is -0.485 e. The van der Waals surface area contributed by atoms with E-state index in [1.807, 2.05) is 97.1 Å². The summed E-state index contributed by atoms with van der Waals surface area (Å²) in [5.41, 5.74) is 4.96. The molecule has 0 aromatic heterocycles. The lowest BCUT2D eigenvalue weighted by molar-refractivity contribution is -0.0415. The fraction of sp³-hybridized carbons (Fsp3) is 0.447. The van der Waals surface area contributed by atoms with Crippen LogP contribution in [-0.2, 0) is 75.8 Å². The third-order valence-electron chi connectivity index (χ3n) is 13.9. The number of Topliss-reactive ketones (excluding diaryl/α,β-unsaturated/α-hetero) is 2. The maximum Gasteiger partial charge on any atom is 0.203 e. The third-order valence-corrected chi connectivity index (χ3v) is 13.9. The maximum atomic E-state index is 13.3. The van der Waals surface area contributed by atoms with Gasteiger partial charge < -0.3 is 85.3 Å². The van der Waals surface area contributed by atoms with E-state index in [2.05, 4.69) is 12.1 Å². The zero-order valence-electron chi connectivity index (χ0n) is 57.0. The fourth-order valence-corrected chi connectivity index (χ4v) is 8.73. The van der Waals surface area contributed by atoms with Gasteiger partial charge >= 0.3 is 0 Å². The van der Waals surface area contributed by atoms with E-state index in [-0.39, 0.29) is 75.6 Å². The number of nitrogens with zero attached hydrogens (tertiary/aromatic N) is 2. The van der Waals surface area contributed by atoms with Crippen molar-refractivity contribution in [2.45, 2.75) is 12.2 Å². The van der Waals surface area contributed by atoms with Gasteiger partial charge in [0.15, 0.2) is 0 Å². The molecule has 0 fully saturated rings. The summed E-state index contributed by atoms with van der Waals surface area (Å²) in [6.07, 6.45) is 9.45. The first kappa shape index (κ1) is 81.0. The molecule has 0 amide bonds. The summed E-state index contributed by atoms with van der Waals surface area (Å²) in [6.45, 7) is 9.59. The zero-order valence-corrected chi connectivity index (χ0v) is 57.0. The van der Waals surface area contributed by atoms with Gasteiger partial charge in [-0.25, -0.2) is 0 Å². The summed E-state index contributed by atoms with van der Waals surface area (Å²) in [5, 5.41) is 20.1. The van der Waals surface area contributed by atoms with Gasteiger partial charge in [-0.2, -0.15) is 10.5 Å². The van der Waals surface area contributed by atoms with Gasteiger partial charge in [-0.1, -0.05) is 133 Å². The molecule has 0 saturated carbocycles. The van der Waals surface area contributed by atoms with Gasteiger partial charge in [0, 0.05) is 50.7 Å². The average molecular weight is 1360 g/mol. The number of carbonyl (C=O) groups excluding carboxylic acids is 2. The Balaban J connectivity index is 1.55. The van der Waals surface area contributed by atoms with Crippen LogP contribution in [0.2, 0.25) is 0 Å². The number of rotatable bonds is 58. The van der Waals surface area contributed by atoms with Gasteiger partial charge in [-0.3, -0.25) is 9.59 Å². The quantitative estimate of drug-likeness (QED) is 0.0115. The number of benzene rings is 5. The Bertz CT molecular complexity index is 2890. The second-order valence-electron chi connectivity index (χ2n) is 21.3. The molecular weight excluding hydrogens is 1260 g/mol. The van der Waals surface area contributed by atoms with E-state index in [0.29, 0.717) is 177 Å². The molecular formula is C76H96N2O20. The summed E-state index contributed by atoms with van der Waals surface area (Å²) >= 11 is 0. The highest BCUT2D eigenvalue weighted by atomic mass is 16.6. The van der Waals surface area contributed by atoms with Crippen LogP contribution in [0.4, 0.5) is 0 Å². The second kappa shape index (κ2) is 53.3. The molecule has 0 bridgehead atoms. The lowest BCUT2D eigenvalue weighted by atomic mass is 10.0. The summed E-state index contributed by atoms with van der Waals surface area (Å²) in [4.78, 5) is 26.6. The van der Waals surface area contributed by atoms with E-state index < -0.39 is 12.2 Å². The van der Waals surface area contributed by atoms with Crippen molar-refractivity contribution in [1.29, 1.82) is 10.5 Å². The topological polar surface area (TPSA) is 248 Å². The van der Waals surface area contributed by atoms with Gasteiger partial charge in [0.1, 0.15) is 47.0 Å². The Kier molecular flexibility index (Phi) is 44.1. The van der Waals surface area contributed by atoms with Crippen molar-refractivity contribution in [3.63, 3.8) is 0 Å². The molecule has 530 valence electrons. The van der Waals surface area contributed by atoms with Crippen molar-refractivity contribution in [3.8, 4) is 23.6 Å². The molecule has 0 aliphatic heterocycles. The first-order chi connectivity index (χ1) is 48.3. The number of hydrogen-bond donors (Lipinski definition) is 0. The van der Waals surface area contributed by atoms with Crippen LogP contribution in [-0.4, -0.2) is 237 Å². The molecule has 5 aromatic carbocycles. The van der Waals surface area contributed by atoms with Crippen LogP contribution in [0.15, 0.2) is 132 Å². The lowest BCUT2D eigenvalue weighted by Gasteiger charge is -2.24. The molecule has 22 nitrogen and oxygen atoms in total. The highest BCUT2D eigenvalue weighted by Crippen LogP contribution is 2.34. The van der Waals surface area contributed by atoms with E-state index in [4.69, 9.17) is 85.3 Å². The van der Waals surface area contributed by atoms with E-state index in [1.165, 1.54) is 0 Å². The molecule has 5 rings (SSSR count). The minimum absolute atomic E-state index is 0.00236.